The molecule has 0 spiro atoms. The lowest BCUT2D eigenvalue weighted by Crippen LogP contribution is -2.03. The molecule has 2 rings (SSSR count). The van der Waals surface area contributed by atoms with Crippen LogP contribution >= 0.6 is 0 Å². The number of methoxy groups -OCH3 is 2. The van der Waals surface area contributed by atoms with Crippen LogP contribution in [0.3, 0.4) is 0 Å². The Morgan fingerprint density at radius 1 is 0.952 bits per heavy atom. The molecular formula is C17H18O4. The Balaban J connectivity index is 2.30. The average molecular weight is 286 g/mol. The van der Waals surface area contributed by atoms with Crippen molar-refractivity contribution in [3.05, 3.63) is 53.6 Å². The Hall–Kier alpha value is -2.49. The van der Waals surface area contributed by atoms with E-state index in [1.807, 2.05) is 30.3 Å². The quantitative estimate of drug-likeness (QED) is 0.763. The van der Waals surface area contributed by atoms with Crippen molar-refractivity contribution in [2.75, 3.05) is 14.2 Å². The predicted molar refractivity (Wildman–Crippen MR) is 80.3 cm³/mol. The Morgan fingerprint density at radius 3 is 2.14 bits per heavy atom. The molecule has 0 fully saturated rings. The minimum Gasteiger partial charge on any atom is -0.493 e. The van der Waals surface area contributed by atoms with Gasteiger partial charge in [0.25, 0.3) is 0 Å². The molecule has 0 radical (unpaired) electrons. The highest BCUT2D eigenvalue weighted by Crippen LogP contribution is 2.35. The van der Waals surface area contributed by atoms with E-state index in [1.54, 1.807) is 19.2 Å². The van der Waals surface area contributed by atoms with Gasteiger partial charge in [0.15, 0.2) is 17.3 Å². The van der Waals surface area contributed by atoms with Gasteiger partial charge in [-0.2, -0.15) is 0 Å². The molecule has 0 aliphatic heterocycles. The summed E-state index contributed by atoms with van der Waals surface area (Å²) in [6.07, 6.45) is 0. The van der Waals surface area contributed by atoms with Gasteiger partial charge in [-0.15, -0.1) is 0 Å². The van der Waals surface area contributed by atoms with Crippen LogP contribution in [0.15, 0.2) is 42.5 Å². The van der Waals surface area contributed by atoms with Crippen LogP contribution < -0.4 is 14.2 Å². The van der Waals surface area contributed by atoms with Gasteiger partial charge in [0, 0.05) is 6.07 Å². The molecule has 21 heavy (non-hydrogen) atoms. The smallest absolute Gasteiger partial charge is 0.164 e. The molecule has 0 saturated carbocycles. The van der Waals surface area contributed by atoms with Crippen molar-refractivity contribution in [3.63, 3.8) is 0 Å². The third-order valence-electron chi connectivity index (χ3n) is 3.10. The number of carbonyl (C=O) groups excluding carboxylic acids is 1. The van der Waals surface area contributed by atoms with Gasteiger partial charge in [-0.05, 0) is 18.6 Å². The first-order chi connectivity index (χ1) is 10.2. The molecular weight excluding hydrogens is 268 g/mol. The van der Waals surface area contributed by atoms with Crippen LogP contribution in [0, 0.1) is 0 Å². The molecule has 2 aromatic rings. The third kappa shape index (κ3) is 3.54. The fourth-order valence-corrected chi connectivity index (χ4v) is 1.99. The number of Topliss-reactive ketones (excluding diaryl/α,β-unsaturated/α-hetero) is 1. The molecule has 4 nitrogen and oxygen atoms in total. The highest BCUT2D eigenvalue weighted by molar-refractivity contribution is 5.97. The molecule has 0 aromatic heterocycles. The lowest BCUT2D eigenvalue weighted by molar-refractivity contribution is 0.101. The molecule has 2 aromatic carbocycles. The van der Waals surface area contributed by atoms with E-state index in [4.69, 9.17) is 14.2 Å². The van der Waals surface area contributed by atoms with Crippen LogP contribution in [0.25, 0.3) is 0 Å². The highest BCUT2D eigenvalue weighted by Gasteiger charge is 2.15. The first-order valence-corrected chi connectivity index (χ1v) is 6.59. The lowest BCUT2D eigenvalue weighted by atomic mass is 10.1. The van der Waals surface area contributed by atoms with Gasteiger partial charge < -0.3 is 14.2 Å². The van der Waals surface area contributed by atoms with Crippen LogP contribution in [-0.4, -0.2) is 20.0 Å². The van der Waals surface area contributed by atoms with E-state index in [1.165, 1.54) is 14.0 Å². The molecule has 0 amide bonds. The van der Waals surface area contributed by atoms with E-state index in [-0.39, 0.29) is 5.78 Å². The summed E-state index contributed by atoms with van der Waals surface area (Å²) < 4.78 is 16.2. The maximum Gasteiger partial charge on any atom is 0.164 e. The maximum atomic E-state index is 11.8. The van der Waals surface area contributed by atoms with Crippen molar-refractivity contribution in [2.45, 2.75) is 13.5 Å². The zero-order valence-electron chi connectivity index (χ0n) is 12.4. The number of hydrogen-bond donors (Lipinski definition) is 0. The van der Waals surface area contributed by atoms with Gasteiger partial charge in [0.2, 0.25) is 0 Å². The van der Waals surface area contributed by atoms with Crippen molar-refractivity contribution < 1.29 is 19.0 Å². The van der Waals surface area contributed by atoms with Gasteiger partial charge in [-0.3, -0.25) is 4.79 Å². The molecule has 0 heterocycles. The monoisotopic (exact) mass is 286 g/mol. The van der Waals surface area contributed by atoms with Crippen LogP contribution in [-0.2, 0) is 6.61 Å². The summed E-state index contributed by atoms with van der Waals surface area (Å²) in [6.45, 7) is 1.88. The molecule has 0 aliphatic rings. The summed E-state index contributed by atoms with van der Waals surface area (Å²) in [4.78, 5) is 11.8. The van der Waals surface area contributed by atoms with E-state index in [0.29, 0.717) is 29.4 Å². The number of carbonyl (C=O) groups is 1. The van der Waals surface area contributed by atoms with Crippen molar-refractivity contribution >= 4 is 5.78 Å². The maximum absolute atomic E-state index is 11.8. The minimum absolute atomic E-state index is 0.0842. The van der Waals surface area contributed by atoms with Crippen molar-refractivity contribution in [1.82, 2.24) is 0 Å². The highest BCUT2D eigenvalue weighted by atomic mass is 16.5. The second-order valence-corrected chi connectivity index (χ2v) is 4.53. The van der Waals surface area contributed by atoms with Gasteiger partial charge in [0.05, 0.1) is 19.8 Å². The van der Waals surface area contributed by atoms with E-state index >= 15 is 0 Å². The molecule has 0 atom stereocenters. The fraction of sp³-hybridized carbons (Fsp3) is 0.235. The molecule has 0 aliphatic carbocycles. The zero-order valence-corrected chi connectivity index (χ0v) is 12.4. The van der Waals surface area contributed by atoms with E-state index in [2.05, 4.69) is 0 Å². The molecule has 0 bridgehead atoms. The number of hydrogen-bond acceptors (Lipinski definition) is 4. The van der Waals surface area contributed by atoms with E-state index < -0.39 is 0 Å². The lowest BCUT2D eigenvalue weighted by Gasteiger charge is -2.14. The summed E-state index contributed by atoms with van der Waals surface area (Å²) in [5.74, 6) is 1.45. The van der Waals surface area contributed by atoms with Crippen molar-refractivity contribution in [2.24, 2.45) is 0 Å². The largest absolute Gasteiger partial charge is 0.493 e. The van der Waals surface area contributed by atoms with Gasteiger partial charge >= 0.3 is 0 Å². The van der Waals surface area contributed by atoms with E-state index in [0.717, 1.165) is 5.56 Å². The minimum atomic E-state index is -0.0842. The molecule has 4 heteroatoms. The zero-order chi connectivity index (χ0) is 15.2. The first-order valence-electron chi connectivity index (χ1n) is 6.59. The SMILES string of the molecule is COc1cc(OCc2ccccc2)c(C(C)=O)cc1OC. The van der Waals surface area contributed by atoms with Gasteiger partial charge in [0.1, 0.15) is 12.4 Å². The molecule has 0 saturated heterocycles. The molecule has 110 valence electrons. The third-order valence-corrected chi connectivity index (χ3v) is 3.10. The van der Waals surface area contributed by atoms with Crippen LogP contribution in [0.4, 0.5) is 0 Å². The Labute approximate surface area is 124 Å². The molecule has 0 unspecified atom stereocenters. The van der Waals surface area contributed by atoms with Crippen LogP contribution in [0.2, 0.25) is 0 Å². The summed E-state index contributed by atoms with van der Waals surface area (Å²) in [5, 5.41) is 0. The number of ketones is 1. The first kappa shape index (κ1) is 14.9. The molecule has 0 N–H and O–H groups in total. The predicted octanol–water partition coefficient (Wildman–Crippen LogP) is 3.49. The van der Waals surface area contributed by atoms with Crippen molar-refractivity contribution in [3.8, 4) is 17.2 Å². The van der Waals surface area contributed by atoms with Crippen LogP contribution in [0.5, 0.6) is 17.2 Å². The standard InChI is InChI=1S/C17H18O4/c1-12(18)14-9-16(19-2)17(20-3)10-15(14)21-11-13-7-5-4-6-8-13/h4-10H,11H2,1-3H3. The fourth-order valence-electron chi connectivity index (χ4n) is 1.99. The Kier molecular flexibility index (Phi) is 4.82. The Morgan fingerprint density at radius 2 is 1.57 bits per heavy atom. The number of ether oxygens (including phenoxy) is 3. The summed E-state index contributed by atoms with van der Waals surface area (Å²) in [5.41, 5.74) is 1.50. The number of rotatable bonds is 6. The second-order valence-electron chi connectivity index (χ2n) is 4.53. The summed E-state index contributed by atoms with van der Waals surface area (Å²) >= 11 is 0. The van der Waals surface area contributed by atoms with Crippen LogP contribution in [0.1, 0.15) is 22.8 Å². The van der Waals surface area contributed by atoms with Crippen molar-refractivity contribution in [1.29, 1.82) is 0 Å². The normalized spacial score (nSPS) is 10.0. The van der Waals surface area contributed by atoms with E-state index in [9.17, 15) is 4.79 Å². The topological polar surface area (TPSA) is 44.8 Å². The average Bonchev–Trinajstić information content (AvgIpc) is 2.52. The summed E-state index contributed by atoms with van der Waals surface area (Å²) in [6, 6.07) is 13.1. The Bertz CT molecular complexity index is 620. The number of benzene rings is 2. The van der Waals surface area contributed by atoms with Gasteiger partial charge in [-0.25, -0.2) is 0 Å². The second kappa shape index (κ2) is 6.79. The van der Waals surface area contributed by atoms with Gasteiger partial charge in [-0.1, -0.05) is 30.3 Å². The summed E-state index contributed by atoms with van der Waals surface area (Å²) in [7, 11) is 3.08.